The van der Waals surface area contributed by atoms with E-state index in [1.807, 2.05) is 58.0 Å². The van der Waals surface area contributed by atoms with Crippen molar-refractivity contribution in [2.45, 2.75) is 40.7 Å². The second-order valence-corrected chi connectivity index (χ2v) is 9.18. The Bertz CT molecular complexity index is 1560. The average molecular weight is 501 g/mol. The van der Waals surface area contributed by atoms with E-state index in [9.17, 15) is 19.2 Å². The number of carbonyl (C=O) groups excluding carboxylic acids is 3. The van der Waals surface area contributed by atoms with E-state index < -0.39 is 11.7 Å². The molecule has 0 fully saturated rings. The molecule has 2 aromatic carbocycles. The van der Waals surface area contributed by atoms with Crippen LogP contribution in [0.4, 0.5) is 0 Å². The van der Waals surface area contributed by atoms with Crippen molar-refractivity contribution >= 4 is 39.4 Å². The SMILES string of the molecule is CCN(CC)C(=O)Cn1cc(C(=O)C(=O)NCCc2cc3ccc(C)c(C)c3[nH]c2=O)c2ccccc21. The number of rotatable bonds is 9. The lowest BCUT2D eigenvalue weighted by Crippen LogP contribution is -2.34. The molecular weight excluding hydrogens is 468 g/mol. The van der Waals surface area contributed by atoms with Gasteiger partial charge in [-0.15, -0.1) is 0 Å². The molecule has 192 valence electrons. The number of amides is 2. The minimum absolute atomic E-state index is 0.0554. The van der Waals surface area contributed by atoms with Crippen molar-refractivity contribution in [3.05, 3.63) is 81.3 Å². The first-order chi connectivity index (χ1) is 17.7. The summed E-state index contributed by atoms with van der Waals surface area (Å²) in [5.41, 5.74) is 4.22. The Balaban J connectivity index is 1.49. The first kappa shape index (κ1) is 25.9. The Morgan fingerprint density at radius 1 is 1.03 bits per heavy atom. The van der Waals surface area contributed by atoms with Crippen molar-refractivity contribution in [1.82, 2.24) is 19.8 Å². The lowest BCUT2D eigenvalue weighted by molar-refractivity contribution is -0.131. The summed E-state index contributed by atoms with van der Waals surface area (Å²) in [7, 11) is 0. The number of fused-ring (bicyclic) bond motifs is 2. The number of aromatic nitrogens is 2. The van der Waals surface area contributed by atoms with Crippen LogP contribution in [0.25, 0.3) is 21.8 Å². The minimum atomic E-state index is -0.748. The smallest absolute Gasteiger partial charge is 0.292 e. The molecular formula is C29H32N4O4. The fourth-order valence-corrected chi connectivity index (χ4v) is 4.65. The van der Waals surface area contributed by atoms with E-state index in [4.69, 9.17) is 0 Å². The number of nitrogens with one attached hydrogen (secondary N) is 2. The van der Waals surface area contributed by atoms with Crippen LogP contribution in [-0.4, -0.2) is 51.7 Å². The molecule has 2 amide bonds. The van der Waals surface area contributed by atoms with Crippen molar-refractivity contribution in [3.63, 3.8) is 0 Å². The van der Waals surface area contributed by atoms with E-state index in [1.54, 1.807) is 27.8 Å². The summed E-state index contributed by atoms with van der Waals surface area (Å²) in [6, 6.07) is 13.0. The average Bonchev–Trinajstić information content (AvgIpc) is 3.25. The number of carbonyl (C=O) groups is 3. The number of likely N-dealkylation sites (N-methyl/N-ethyl adjacent to an activating group) is 1. The molecule has 4 rings (SSSR count). The second kappa shape index (κ2) is 10.8. The zero-order valence-electron chi connectivity index (χ0n) is 21.7. The molecule has 0 aliphatic heterocycles. The highest BCUT2D eigenvalue weighted by molar-refractivity contribution is 6.45. The molecule has 0 aliphatic rings. The topological polar surface area (TPSA) is 104 Å². The molecule has 0 saturated heterocycles. The zero-order chi connectivity index (χ0) is 26.7. The van der Waals surface area contributed by atoms with Crippen LogP contribution in [0.15, 0.2) is 53.5 Å². The van der Waals surface area contributed by atoms with Gasteiger partial charge in [-0.2, -0.15) is 0 Å². The largest absolute Gasteiger partial charge is 0.349 e. The van der Waals surface area contributed by atoms with Crippen LogP contribution in [0.5, 0.6) is 0 Å². The minimum Gasteiger partial charge on any atom is -0.349 e. The molecule has 0 radical (unpaired) electrons. The van der Waals surface area contributed by atoms with E-state index in [2.05, 4.69) is 10.3 Å². The normalized spacial score (nSPS) is 11.1. The van der Waals surface area contributed by atoms with Crippen molar-refractivity contribution in [2.75, 3.05) is 19.6 Å². The van der Waals surface area contributed by atoms with Gasteiger partial charge in [-0.3, -0.25) is 19.2 Å². The van der Waals surface area contributed by atoms with Gasteiger partial charge in [0.15, 0.2) is 0 Å². The van der Waals surface area contributed by atoms with E-state index in [0.29, 0.717) is 29.6 Å². The highest BCUT2D eigenvalue weighted by atomic mass is 16.2. The van der Waals surface area contributed by atoms with E-state index in [0.717, 1.165) is 22.0 Å². The number of benzene rings is 2. The number of hydrogen-bond donors (Lipinski definition) is 2. The number of aromatic amines is 1. The Morgan fingerprint density at radius 3 is 2.49 bits per heavy atom. The van der Waals surface area contributed by atoms with Gasteiger partial charge in [-0.05, 0) is 62.8 Å². The van der Waals surface area contributed by atoms with Crippen molar-refractivity contribution in [1.29, 1.82) is 0 Å². The molecule has 8 heteroatoms. The van der Waals surface area contributed by atoms with Crippen LogP contribution in [-0.2, 0) is 22.6 Å². The maximum absolute atomic E-state index is 13.1. The molecule has 0 aliphatic carbocycles. The molecule has 37 heavy (non-hydrogen) atoms. The Kier molecular flexibility index (Phi) is 7.57. The summed E-state index contributed by atoms with van der Waals surface area (Å²) in [6.07, 6.45) is 1.86. The van der Waals surface area contributed by atoms with Gasteiger partial charge in [0.1, 0.15) is 6.54 Å². The number of pyridine rings is 1. The predicted octanol–water partition coefficient (Wildman–Crippen LogP) is 3.51. The standard InChI is InChI=1S/C29H32N4O4/c1-5-32(6-2)25(34)17-33-16-23(22-9-7-8-10-24(22)33)27(35)29(37)30-14-13-21-15-20-12-11-18(3)19(4)26(20)31-28(21)36/h7-12,15-16H,5-6,13-14,17H2,1-4H3,(H,30,37)(H,31,36). The summed E-state index contributed by atoms with van der Waals surface area (Å²) < 4.78 is 1.72. The highest BCUT2D eigenvalue weighted by Crippen LogP contribution is 2.22. The molecule has 0 saturated carbocycles. The van der Waals surface area contributed by atoms with Crippen LogP contribution in [0.3, 0.4) is 0 Å². The number of aryl methyl sites for hydroxylation is 2. The summed E-state index contributed by atoms with van der Waals surface area (Å²) in [5.74, 6) is -1.48. The van der Waals surface area contributed by atoms with Gasteiger partial charge in [0.2, 0.25) is 5.91 Å². The lowest BCUT2D eigenvalue weighted by atomic mass is 10.0. The maximum atomic E-state index is 13.1. The Hall–Kier alpha value is -4.20. The first-order valence-corrected chi connectivity index (χ1v) is 12.5. The lowest BCUT2D eigenvalue weighted by Gasteiger charge is -2.19. The molecule has 0 bridgehead atoms. The van der Waals surface area contributed by atoms with Gasteiger partial charge in [-0.25, -0.2) is 0 Å². The van der Waals surface area contributed by atoms with Gasteiger partial charge < -0.3 is 19.8 Å². The number of H-pyrrole nitrogens is 1. The van der Waals surface area contributed by atoms with Crippen LogP contribution in [0.1, 0.15) is 40.9 Å². The molecule has 0 unspecified atom stereocenters. The molecule has 8 nitrogen and oxygen atoms in total. The van der Waals surface area contributed by atoms with Gasteiger partial charge >= 0.3 is 0 Å². The van der Waals surface area contributed by atoms with Crippen molar-refractivity contribution in [3.8, 4) is 0 Å². The van der Waals surface area contributed by atoms with Gasteiger partial charge in [0.05, 0.1) is 11.1 Å². The fraction of sp³-hybridized carbons (Fsp3) is 0.310. The van der Waals surface area contributed by atoms with Crippen molar-refractivity contribution < 1.29 is 14.4 Å². The number of ketones is 1. The molecule has 0 atom stereocenters. The van der Waals surface area contributed by atoms with Gasteiger partial charge in [0, 0.05) is 42.3 Å². The summed E-state index contributed by atoms with van der Waals surface area (Å²) in [5, 5.41) is 4.19. The third-order valence-corrected chi connectivity index (χ3v) is 6.97. The molecule has 0 spiro atoms. The predicted molar refractivity (Wildman–Crippen MR) is 145 cm³/mol. The molecule has 2 aromatic heterocycles. The number of nitrogens with zero attached hydrogens (tertiary/aromatic N) is 2. The van der Waals surface area contributed by atoms with Crippen LogP contribution in [0, 0.1) is 13.8 Å². The highest BCUT2D eigenvalue weighted by Gasteiger charge is 2.22. The zero-order valence-corrected chi connectivity index (χ0v) is 21.7. The maximum Gasteiger partial charge on any atom is 0.292 e. The molecule has 2 heterocycles. The Morgan fingerprint density at radius 2 is 1.76 bits per heavy atom. The van der Waals surface area contributed by atoms with Crippen LogP contribution >= 0.6 is 0 Å². The monoisotopic (exact) mass is 500 g/mol. The van der Waals surface area contributed by atoms with E-state index in [-0.39, 0.29) is 36.5 Å². The van der Waals surface area contributed by atoms with E-state index >= 15 is 0 Å². The third kappa shape index (κ3) is 5.18. The van der Waals surface area contributed by atoms with Gasteiger partial charge in [-0.1, -0.05) is 30.3 Å². The van der Waals surface area contributed by atoms with Gasteiger partial charge in [0.25, 0.3) is 17.2 Å². The fourth-order valence-electron chi connectivity index (χ4n) is 4.65. The van der Waals surface area contributed by atoms with Crippen LogP contribution < -0.4 is 10.9 Å². The number of para-hydroxylation sites is 1. The summed E-state index contributed by atoms with van der Waals surface area (Å²) in [4.78, 5) is 55.7. The number of Topliss-reactive ketones (excluding diaryl/α,β-unsaturated/α-hetero) is 1. The third-order valence-electron chi connectivity index (χ3n) is 6.97. The molecule has 2 N–H and O–H groups in total. The van der Waals surface area contributed by atoms with Crippen LogP contribution in [0.2, 0.25) is 0 Å². The Labute approximate surface area is 215 Å². The quantitative estimate of drug-likeness (QED) is 0.271. The summed E-state index contributed by atoms with van der Waals surface area (Å²) >= 11 is 0. The molecule has 4 aromatic rings. The second-order valence-electron chi connectivity index (χ2n) is 9.18. The van der Waals surface area contributed by atoms with Crippen molar-refractivity contribution in [2.24, 2.45) is 0 Å². The summed E-state index contributed by atoms with van der Waals surface area (Å²) in [6.45, 7) is 9.22. The first-order valence-electron chi connectivity index (χ1n) is 12.5. The van der Waals surface area contributed by atoms with E-state index in [1.165, 1.54) is 0 Å². The number of hydrogen-bond acceptors (Lipinski definition) is 4.